The molecule has 2 saturated heterocycles. The van der Waals surface area contributed by atoms with Gasteiger partial charge in [0.25, 0.3) is 0 Å². The highest BCUT2D eigenvalue weighted by molar-refractivity contribution is 4.94. The van der Waals surface area contributed by atoms with Crippen molar-refractivity contribution in [1.82, 2.24) is 5.32 Å². The fourth-order valence-electron chi connectivity index (χ4n) is 3.34. The van der Waals surface area contributed by atoms with E-state index in [1.165, 1.54) is 51.5 Å². The van der Waals surface area contributed by atoms with Gasteiger partial charge in [-0.15, -0.1) is 0 Å². The third kappa shape index (κ3) is 2.94. The van der Waals surface area contributed by atoms with Gasteiger partial charge in [-0.05, 0) is 51.0 Å². The Kier molecular flexibility index (Phi) is 4.04. The van der Waals surface area contributed by atoms with Crippen LogP contribution >= 0.6 is 0 Å². The average molecular weight is 211 g/mol. The zero-order valence-corrected chi connectivity index (χ0v) is 10.1. The van der Waals surface area contributed by atoms with Gasteiger partial charge in [0, 0.05) is 18.8 Å². The molecule has 0 aromatic heterocycles. The van der Waals surface area contributed by atoms with Crippen molar-refractivity contribution in [3.8, 4) is 0 Å². The molecule has 1 N–H and O–H groups in total. The summed E-state index contributed by atoms with van der Waals surface area (Å²) < 4.78 is 5.44. The predicted octanol–water partition coefficient (Wildman–Crippen LogP) is 2.73. The van der Waals surface area contributed by atoms with E-state index in [0.717, 1.165) is 19.1 Å². The minimum absolute atomic E-state index is 0.497. The summed E-state index contributed by atoms with van der Waals surface area (Å²) in [7, 11) is 0. The van der Waals surface area contributed by atoms with Crippen LogP contribution in [0.1, 0.15) is 51.9 Å². The molecule has 1 atom stereocenters. The molecule has 0 aromatic rings. The van der Waals surface area contributed by atoms with Crippen molar-refractivity contribution in [2.24, 2.45) is 5.92 Å². The molecule has 0 saturated carbocycles. The summed E-state index contributed by atoms with van der Waals surface area (Å²) in [4.78, 5) is 0. The molecule has 2 nitrogen and oxygen atoms in total. The maximum atomic E-state index is 5.44. The van der Waals surface area contributed by atoms with E-state index in [2.05, 4.69) is 12.2 Å². The van der Waals surface area contributed by atoms with Crippen LogP contribution in [0.15, 0.2) is 0 Å². The second-order valence-electron chi connectivity index (χ2n) is 5.32. The topological polar surface area (TPSA) is 21.3 Å². The lowest BCUT2D eigenvalue weighted by Crippen LogP contribution is -2.42. The van der Waals surface area contributed by atoms with Crippen LogP contribution < -0.4 is 5.32 Å². The molecule has 0 radical (unpaired) electrons. The Morgan fingerprint density at radius 1 is 1.33 bits per heavy atom. The highest BCUT2D eigenvalue weighted by atomic mass is 16.5. The van der Waals surface area contributed by atoms with Crippen LogP contribution in [0.25, 0.3) is 0 Å². The van der Waals surface area contributed by atoms with E-state index >= 15 is 0 Å². The highest BCUT2D eigenvalue weighted by Gasteiger charge is 2.34. The summed E-state index contributed by atoms with van der Waals surface area (Å²) in [5.41, 5.74) is 0.497. The number of nitrogens with one attached hydrogen (secondary N) is 1. The van der Waals surface area contributed by atoms with Gasteiger partial charge in [0.15, 0.2) is 0 Å². The zero-order chi connectivity index (χ0) is 10.6. The first-order valence-corrected chi connectivity index (χ1v) is 6.67. The van der Waals surface area contributed by atoms with E-state index in [4.69, 9.17) is 4.74 Å². The summed E-state index contributed by atoms with van der Waals surface area (Å²) in [6.45, 7) is 5.54. The Morgan fingerprint density at radius 3 is 2.73 bits per heavy atom. The molecule has 88 valence electrons. The normalized spacial score (nSPS) is 33.4. The van der Waals surface area contributed by atoms with Gasteiger partial charge in [-0.25, -0.2) is 0 Å². The van der Waals surface area contributed by atoms with Crippen molar-refractivity contribution in [1.29, 1.82) is 0 Å². The van der Waals surface area contributed by atoms with Gasteiger partial charge in [0.2, 0.25) is 0 Å². The predicted molar refractivity (Wildman–Crippen MR) is 63.0 cm³/mol. The summed E-state index contributed by atoms with van der Waals surface area (Å²) in [6.07, 6.45) is 9.42. The number of hydrogen-bond donors (Lipinski definition) is 1. The minimum atomic E-state index is 0.497. The quantitative estimate of drug-likeness (QED) is 0.772. The third-order valence-electron chi connectivity index (χ3n) is 4.08. The lowest BCUT2D eigenvalue weighted by molar-refractivity contribution is 0.0534. The van der Waals surface area contributed by atoms with E-state index in [1.807, 2.05) is 0 Å². The molecule has 2 heterocycles. The molecule has 2 fully saturated rings. The van der Waals surface area contributed by atoms with E-state index in [1.54, 1.807) is 0 Å². The fourth-order valence-corrected chi connectivity index (χ4v) is 3.34. The van der Waals surface area contributed by atoms with Gasteiger partial charge in [-0.2, -0.15) is 0 Å². The molecule has 0 aliphatic carbocycles. The van der Waals surface area contributed by atoms with Gasteiger partial charge in [0.05, 0.1) is 0 Å². The molecular weight excluding hydrogens is 186 g/mol. The van der Waals surface area contributed by atoms with Crippen LogP contribution in [0.3, 0.4) is 0 Å². The first kappa shape index (κ1) is 11.4. The number of ether oxygens (including phenoxy) is 1. The summed E-state index contributed by atoms with van der Waals surface area (Å²) in [5, 5.41) is 3.78. The zero-order valence-electron chi connectivity index (χ0n) is 10.1. The van der Waals surface area contributed by atoms with E-state index in [-0.39, 0.29) is 0 Å². The monoisotopic (exact) mass is 211 g/mol. The van der Waals surface area contributed by atoms with Crippen molar-refractivity contribution in [3.05, 3.63) is 0 Å². The van der Waals surface area contributed by atoms with Crippen molar-refractivity contribution < 1.29 is 4.74 Å². The maximum absolute atomic E-state index is 5.44. The standard InChI is InChI=1S/C13H25NO/c1-2-6-13(7-3-8-14-13)11-12-4-9-15-10-5-12/h12,14H,2-11H2,1H3. The Bertz CT molecular complexity index is 181. The summed E-state index contributed by atoms with van der Waals surface area (Å²) >= 11 is 0. The highest BCUT2D eigenvalue weighted by Crippen LogP contribution is 2.34. The van der Waals surface area contributed by atoms with E-state index < -0.39 is 0 Å². The third-order valence-corrected chi connectivity index (χ3v) is 4.08. The molecule has 1 unspecified atom stereocenters. The smallest absolute Gasteiger partial charge is 0.0468 e. The van der Waals surface area contributed by atoms with Crippen LogP contribution in [0.4, 0.5) is 0 Å². The molecule has 0 bridgehead atoms. The largest absolute Gasteiger partial charge is 0.381 e. The van der Waals surface area contributed by atoms with Gasteiger partial charge in [0.1, 0.15) is 0 Å². The van der Waals surface area contributed by atoms with Crippen molar-refractivity contribution in [3.63, 3.8) is 0 Å². The van der Waals surface area contributed by atoms with Gasteiger partial charge in [-0.1, -0.05) is 13.3 Å². The SMILES string of the molecule is CCCC1(CC2CCOCC2)CCCN1. The van der Waals surface area contributed by atoms with Crippen LogP contribution in [0, 0.1) is 5.92 Å². The molecule has 2 rings (SSSR count). The van der Waals surface area contributed by atoms with Crippen LogP contribution in [0.2, 0.25) is 0 Å². The second-order valence-corrected chi connectivity index (χ2v) is 5.32. The van der Waals surface area contributed by atoms with Crippen LogP contribution in [0.5, 0.6) is 0 Å². The number of hydrogen-bond acceptors (Lipinski definition) is 2. The second kappa shape index (κ2) is 5.31. The molecule has 0 amide bonds. The maximum Gasteiger partial charge on any atom is 0.0468 e. The lowest BCUT2D eigenvalue weighted by atomic mass is 9.80. The van der Waals surface area contributed by atoms with Crippen molar-refractivity contribution in [2.75, 3.05) is 19.8 Å². The first-order chi connectivity index (χ1) is 7.35. The molecule has 15 heavy (non-hydrogen) atoms. The average Bonchev–Trinajstić information content (AvgIpc) is 2.69. The number of rotatable bonds is 4. The van der Waals surface area contributed by atoms with Gasteiger partial charge < -0.3 is 10.1 Å². The Labute approximate surface area is 93.8 Å². The van der Waals surface area contributed by atoms with Crippen LogP contribution in [-0.4, -0.2) is 25.3 Å². The van der Waals surface area contributed by atoms with Gasteiger partial charge >= 0.3 is 0 Å². The Balaban J connectivity index is 1.87. The minimum Gasteiger partial charge on any atom is -0.381 e. The molecule has 2 aliphatic heterocycles. The summed E-state index contributed by atoms with van der Waals surface area (Å²) in [6, 6.07) is 0. The lowest BCUT2D eigenvalue weighted by Gasteiger charge is -2.35. The van der Waals surface area contributed by atoms with Crippen molar-refractivity contribution >= 4 is 0 Å². The van der Waals surface area contributed by atoms with Crippen molar-refractivity contribution in [2.45, 2.75) is 57.4 Å². The Hall–Kier alpha value is -0.0800. The summed E-state index contributed by atoms with van der Waals surface area (Å²) in [5.74, 6) is 0.913. The van der Waals surface area contributed by atoms with E-state index in [0.29, 0.717) is 5.54 Å². The first-order valence-electron chi connectivity index (χ1n) is 6.67. The molecule has 2 aliphatic rings. The fraction of sp³-hybridized carbons (Fsp3) is 1.00. The molecule has 2 heteroatoms. The van der Waals surface area contributed by atoms with E-state index in [9.17, 15) is 0 Å². The Morgan fingerprint density at radius 2 is 2.13 bits per heavy atom. The molecular formula is C13H25NO. The van der Waals surface area contributed by atoms with Crippen LogP contribution in [-0.2, 0) is 4.74 Å². The van der Waals surface area contributed by atoms with Gasteiger partial charge in [-0.3, -0.25) is 0 Å². The molecule has 0 aromatic carbocycles. The molecule has 0 spiro atoms.